The van der Waals surface area contributed by atoms with Crippen LogP contribution in [0.1, 0.15) is 22.8 Å². The lowest BCUT2D eigenvalue weighted by Crippen LogP contribution is -2.09. The van der Waals surface area contributed by atoms with E-state index in [4.69, 9.17) is 10.5 Å². The van der Waals surface area contributed by atoms with Gasteiger partial charge in [0, 0.05) is 22.4 Å². The van der Waals surface area contributed by atoms with Gasteiger partial charge in [0.1, 0.15) is 0 Å². The fourth-order valence-electron chi connectivity index (χ4n) is 1.86. The highest BCUT2D eigenvalue weighted by Crippen LogP contribution is 2.20. The summed E-state index contributed by atoms with van der Waals surface area (Å²) >= 11 is 3.40. The van der Waals surface area contributed by atoms with Gasteiger partial charge in [-0.15, -0.1) is 0 Å². The van der Waals surface area contributed by atoms with Crippen molar-refractivity contribution < 1.29 is 9.53 Å². The molecule has 0 fully saturated rings. The Hall–Kier alpha value is -2.01. The molecular weight excluding hydrogens is 332 g/mol. The minimum atomic E-state index is -0.401. The van der Waals surface area contributed by atoms with Crippen LogP contribution in [0.4, 0.5) is 11.4 Å². The van der Waals surface area contributed by atoms with Crippen LogP contribution in [0.3, 0.4) is 0 Å². The number of nitrogens with one attached hydrogen (secondary N) is 1. The maximum atomic E-state index is 11.8. The molecule has 0 aliphatic carbocycles. The maximum Gasteiger partial charge on any atom is 0.340 e. The number of ether oxygens (including phenoxy) is 1. The first-order valence-corrected chi connectivity index (χ1v) is 7.44. The first kappa shape index (κ1) is 15.4. The molecular formula is C16H17BrN2O2. The quantitative estimate of drug-likeness (QED) is 0.636. The molecule has 0 unspecified atom stereocenters. The third-order valence-corrected chi connectivity index (χ3v) is 3.49. The number of nitrogens with two attached hydrogens (primary N) is 1. The Labute approximate surface area is 132 Å². The summed E-state index contributed by atoms with van der Waals surface area (Å²) in [6.45, 7) is 2.76. The van der Waals surface area contributed by atoms with Gasteiger partial charge in [0.25, 0.3) is 0 Å². The van der Waals surface area contributed by atoms with Crippen molar-refractivity contribution in [1.29, 1.82) is 0 Å². The number of benzene rings is 2. The number of nitrogen functional groups attached to an aromatic ring is 1. The molecule has 3 N–H and O–H groups in total. The molecule has 0 bridgehead atoms. The monoisotopic (exact) mass is 348 g/mol. The summed E-state index contributed by atoms with van der Waals surface area (Å²) in [7, 11) is 0. The summed E-state index contributed by atoms with van der Waals surface area (Å²) in [5, 5.41) is 3.27. The van der Waals surface area contributed by atoms with E-state index in [0.29, 0.717) is 24.4 Å². The van der Waals surface area contributed by atoms with Crippen LogP contribution in [-0.4, -0.2) is 12.6 Å². The van der Waals surface area contributed by atoms with Gasteiger partial charge >= 0.3 is 5.97 Å². The van der Waals surface area contributed by atoms with Gasteiger partial charge in [0.15, 0.2) is 0 Å². The Morgan fingerprint density at radius 1 is 1.24 bits per heavy atom. The van der Waals surface area contributed by atoms with Crippen molar-refractivity contribution in [3.8, 4) is 0 Å². The second-order valence-electron chi connectivity index (χ2n) is 4.50. The summed E-state index contributed by atoms with van der Waals surface area (Å²) in [4.78, 5) is 11.8. The number of rotatable bonds is 5. The predicted octanol–water partition coefficient (Wildman–Crippen LogP) is 3.82. The summed E-state index contributed by atoms with van der Waals surface area (Å²) in [5.74, 6) is -0.401. The van der Waals surface area contributed by atoms with Gasteiger partial charge < -0.3 is 15.8 Å². The van der Waals surface area contributed by atoms with Crippen LogP contribution in [0.25, 0.3) is 0 Å². The molecule has 0 atom stereocenters. The second-order valence-corrected chi connectivity index (χ2v) is 5.42. The average Bonchev–Trinajstić information content (AvgIpc) is 2.48. The van der Waals surface area contributed by atoms with Crippen LogP contribution in [0, 0.1) is 0 Å². The standard InChI is InChI=1S/C16H17BrN2O2/c1-2-21-16(20)14-9-13(7-8-15(14)18)19-10-11-3-5-12(17)6-4-11/h3-9,19H,2,10,18H2,1H3. The topological polar surface area (TPSA) is 64.3 Å². The molecule has 0 radical (unpaired) electrons. The highest BCUT2D eigenvalue weighted by atomic mass is 79.9. The Morgan fingerprint density at radius 3 is 2.62 bits per heavy atom. The molecule has 0 spiro atoms. The zero-order chi connectivity index (χ0) is 15.2. The van der Waals surface area contributed by atoms with Crippen LogP contribution in [0.15, 0.2) is 46.9 Å². The van der Waals surface area contributed by atoms with E-state index in [-0.39, 0.29) is 0 Å². The van der Waals surface area contributed by atoms with Crippen molar-refractivity contribution >= 4 is 33.3 Å². The van der Waals surface area contributed by atoms with Crippen molar-refractivity contribution in [3.63, 3.8) is 0 Å². The van der Waals surface area contributed by atoms with Crippen LogP contribution in [-0.2, 0) is 11.3 Å². The van der Waals surface area contributed by atoms with E-state index in [0.717, 1.165) is 15.7 Å². The minimum absolute atomic E-state index is 0.328. The fourth-order valence-corrected chi connectivity index (χ4v) is 2.12. The average molecular weight is 349 g/mol. The van der Waals surface area contributed by atoms with Gasteiger partial charge in [-0.1, -0.05) is 28.1 Å². The van der Waals surface area contributed by atoms with E-state index in [2.05, 4.69) is 21.2 Å². The summed E-state index contributed by atoms with van der Waals surface area (Å²) in [6, 6.07) is 13.3. The molecule has 0 aliphatic heterocycles. The third kappa shape index (κ3) is 4.23. The fraction of sp³-hybridized carbons (Fsp3) is 0.188. The number of esters is 1. The lowest BCUT2D eigenvalue weighted by atomic mass is 10.1. The van der Waals surface area contributed by atoms with E-state index < -0.39 is 5.97 Å². The van der Waals surface area contributed by atoms with E-state index in [1.165, 1.54) is 0 Å². The Balaban J connectivity index is 2.08. The molecule has 0 aliphatic rings. The van der Waals surface area contributed by atoms with E-state index >= 15 is 0 Å². The second kappa shape index (κ2) is 7.13. The Kier molecular flexibility index (Phi) is 5.22. The number of anilines is 2. The normalized spacial score (nSPS) is 10.2. The maximum absolute atomic E-state index is 11.8. The van der Waals surface area contributed by atoms with Crippen molar-refractivity contribution in [3.05, 3.63) is 58.1 Å². The zero-order valence-electron chi connectivity index (χ0n) is 11.7. The van der Waals surface area contributed by atoms with Crippen LogP contribution in [0.2, 0.25) is 0 Å². The molecule has 0 aromatic heterocycles. The first-order chi connectivity index (χ1) is 10.1. The van der Waals surface area contributed by atoms with Gasteiger partial charge in [-0.25, -0.2) is 4.79 Å². The molecule has 2 aromatic carbocycles. The molecule has 0 amide bonds. The molecule has 4 nitrogen and oxygen atoms in total. The highest BCUT2D eigenvalue weighted by Gasteiger charge is 2.11. The number of carbonyl (C=O) groups is 1. The molecule has 0 heterocycles. The van der Waals surface area contributed by atoms with Gasteiger partial charge in [0.2, 0.25) is 0 Å². The van der Waals surface area contributed by atoms with E-state index in [9.17, 15) is 4.79 Å². The van der Waals surface area contributed by atoms with Gasteiger partial charge in [-0.05, 0) is 42.8 Å². The first-order valence-electron chi connectivity index (χ1n) is 6.65. The van der Waals surface area contributed by atoms with Crippen molar-refractivity contribution in [1.82, 2.24) is 0 Å². The van der Waals surface area contributed by atoms with E-state index in [1.807, 2.05) is 30.3 Å². The van der Waals surface area contributed by atoms with Gasteiger partial charge in [-0.2, -0.15) is 0 Å². The van der Waals surface area contributed by atoms with Gasteiger partial charge in [-0.3, -0.25) is 0 Å². The summed E-state index contributed by atoms with van der Waals surface area (Å²) in [6.07, 6.45) is 0. The smallest absolute Gasteiger partial charge is 0.340 e. The molecule has 0 saturated heterocycles. The number of halogens is 1. The van der Waals surface area contributed by atoms with Gasteiger partial charge in [0.05, 0.1) is 12.2 Å². The van der Waals surface area contributed by atoms with Crippen molar-refractivity contribution in [2.24, 2.45) is 0 Å². The number of hydrogen-bond acceptors (Lipinski definition) is 4. The highest BCUT2D eigenvalue weighted by molar-refractivity contribution is 9.10. The largest absolute Gasteiger partial charge is 0.462 e. The van der Waals surface area contributed by atoms with Crippen molar-refractivity contribution in [2.45, 2.75) is 13.5 Å². The number of hydrogen-bond donors (Lipinski definition) is 2. The lowest BCUT2D eigenvalue weighted by Gasteiger charge is -2.10. The zero-order valence-corrected chi connectivity index (χ0v) is 13.3. The lowest BCUT2D eigenvalue weighted by molar-refractivity contribution is 0.0527. The molecule has 2 aromatic rings. The van der Waals surface area contributed by atoms with Crippen LogP contribution in [0.5, 0.6) is 0 Å². The minimum Gasteiger partial charge on any atom is -0.462 e. The van der Waals surface area contributed by atoms with E-state index in [1.54, 1.807) is 19.1 Å². The van der Waals surface area contributed by atoms with Crippen LogP contribution >= 0.6 is 15.9 Å². The summed E-state index contributed by atoms with van der Waals surface area (Å²) < 4.78 is 6.03. The molecule has 110 valence electrons. The van der Waals surface area contributed by atoms with Crippen molar-refractivity contribution in [2.75, 3.05) is 17.7 Å². The summed E-state index contributed by atoms with van der Waals surface area (Å²) in [5.41, 5.74) is 8.59. The molecule has 5 heteroatoms. The number of carbonyl (C=O) groups excluding carboxylic acids is 1. The third-order valence-electron chi connectivity index (χ3n) is 2.96. The molecule has 2 rings (SSSR count). The predicted molar refractivity (Wildman–Crippen MR) is 88.3 cm³/mol. The molecule has 0 saturated carbocycles. The molecule has 21 heavy (non-hydrogen) atoms. The SMILES string of the molecule is CCOC(=O)c1cc(NCc2ccc(Br)cc2)ccc1N. The Bertz CT molecular complexity index is 627. The van der Waals surface area contributed by atoms with Crippen LogP contribution < -0.4 is 11.1 Å². The Morgan fingerprint density at radius 2 is 1.95 bits per heavy atom.